The summed E-state index contributed by atoms with van der Waals surface area (Å²) in [5.41, 5.74) is -0.933. The van der Waals surface area contributed by atoms with Crippen molar-refractivity contribution in [2.45, 2.75) is 25.4 Å². The zero-order valence-corrected chi connectivity index (χ0v) is 19.9. The predicted molar refractivity (Wildman–Crippen MR) is 126 cm³/mol. The highest BCUT2D eigenvalue weighted by Crippen LogP contribution is 2.36. The van der Waals surface area contributed by atoms with Crippen molar-refractivity contribution in [3.05, 3.63) is 75.3 Å². The van der Waals surface area contributed by atoms with Gasteiger partial charge >= 0.3 is 6.18 Å². The quantitative estimate of drug-likeness (QED) is 0.264. The lowest BCUT2D eigenvalue weighted by Gasteiger charge is -2.11. The van der Waals surface area contributed by atoms with Crippen LogP contribution >= 0.6 is 22.9 Å². The third-order valence-corrected chi connectivity index (χ3v) is 6.39. The third kappa shape index (κ3) is 6.04. The van der Waals surface area contributed by atoms with Gasteiger partial charge in [-0.1, -0.05) is 23.7 Å². The molecule has 3 aromatic heterocycles. The van der Waals surface area contributed by atoms with Crippen molar-refractivity contribution in [3.63, 3.8) is 0 Å². The van der Waals surface area contributed by atoms with E-state index in [9.17, 15) is 22.8 Å². The van der Waals surface area contributed by atoms with Crippen molar-refractivity contribution in [2.75, 3.05) is 10.6 Å². The molecule has 0 aliphatic rings. The van der Waals surface area contributed by atoms with E-state index in [0.29, 0.717) is 16.6 Å². The van der Waals surface area contributed by atoms with Gasteiger partial charge in [0.05, 0.1) is 21.8 Å². The number of anilines is 3. The van der Waals surface area contributed by atoms with Gasteiger partial charge in [-0.3, -0.25) is 9.59 Å². The summed E-state index contributed by atoms with van der Waals surface area (Å²) in [6, 6.07) is 6.16. The van der Waals surface area contributed by atoms with Crippen LogP contribution in [0.15, 0.2) is 53.6 Å². The number of carbonyl (C=O) groups excluding carboxylic acids is 2. The molecule has 14 heteroatoms. The van der Waals surface area contributed by atoms with Gasteiger partial charge in [-0.2, -0.15) is 13.2 Å². The number of aromatic nitrogens is 4. The molecule has 0 saturated heterocycles. The van der Waals surface area contributed by atoms with Crippen molar-refractivity contribution < 1.29 is 27.3 Å². The fraction of sp³-hybridized carbons (Fsp3) is 0.182. The second-order valence-corrected chi connectivity index (χ2v) is 9.01. The molecule has 1 atom stereocenters. The molecular weight excluding hydrogens is 521 g/mol. The van der Waals surface area contributed by atoms with Gasteiger partial charge in [0.1, 0.15) is 29.0 Å². The normalized spacial score (nSPS) is 12.2. The monoisotopic (exact) mass is 536 g/mol. The van der Waals surface area contributed by atoms with Gasteiger partial charge in [0.25, 0.3) is 5.91 Å². The van der Waals surface area contributed by atoms with Gasteiger partial charge in [-0.25, -0.2) is 15.0 Å². The summed E-state index contributed by atoms with van der Waals surface area (Å²) < 4.78 is 43.9. The molecule has 0 spiro atoms. The third-order valence-electron chi connectivity index (χ3n) is 4.84. The molecule has 2 N–H and O–H groups in total. The smallest absolute Gasteiger partial charge is 0.363 e. The number of benzene rings is 1. The van der Waals surface area contributed by atoms with E-state index in [0.717, 1.165) is 23.5 Å². The standard InChI is InChI=1S/C22H16ClF3N6O3S/c1-11(6-16(33)15-8-19(29-10-28-15)31-18-4-5-35-32-18)21-27-9-17(36-21)20(34)30-12-2-3-14(23)13(7-12)22(24,25)26/h2-5,7-11H,6H2,1H3,(H,30,34)(H,28,29,31,32). The minimum Gasteiger partial charge on any atom is -0.363 e. The predicted octanol–water partition coefficient (Wildman–Crippen LogP) is 5.97. The number of nitrogens with one attached hydrogen (secondary N) is 2. The van der Waals surface area contributed by atoms with E-state index in [4.69, 9.17) is 16.1 Å². The van der Waals surface area contributed by atoms with Crippen molar-refractivity contribution in [2.24, 2.45) is 0 Å². The first-order chi connectivity index (χ1) is 17.1. The second-order valence-electron chi connectivity index (χ2n) is 7.54. The van der Waals surface area contributed by atoms with Crippen molar-refractivity contribution in [3.8, 4) is 0 Å². The van der Waals surface area contributed by atoms with E-state index in [1.807, 2.05) is 0 Å². The summed E-state index contributed by atoms with van der Waals surface area (Å²) in [5.74, 6) is -0.471. The van der Waals surface area contributed by atoms with Crippen molar-refractivity contribution >= 4 is 52.0 Å². The number of nitrogens with zero attached hydrogens (tertiary/aromatic N) is 4. The summed E-state index contributed by atoms with van der Waals surface area (Å²) in [5, 5.41) is 9.04. The van der Waals surface area contributed by atoms with Crippen LogP contribution in [0, 0.1) is 0 Å². The molecule has 0 saturated carbocycles. The number of thiazole rings is 1. The zero-order chi connectivity index (χ0) is 25.9. The highest BCUT2D eigenvalue weighted by atomic mass is 35.5. The molecule has 4 aromatic rings. The first-order valence-corrected chi connectivity index (χ1v) is 11.5. The summed E-state index contributed by atoms with van der Waals surface area (Å²) in [6.07, 6.45) is -0.668. The maximum atomic E-state index is 13.1. The molecule has 3 heterocycles. The summed E-state index contributed by atoms with van der Waals surface area (Å²) in [4.78, 5) is 37.7. The maximum Gasteiger partial charge on any atom is 0.417 e. The fourth-order valence-electron chi connectivity index (χ4n) is 3.09. The Morgan fingerprint density at radius 3 is 2.67 bits per heavy atom. The molecule has 0 aliphatic heterocycles. The van der Waals surface area contributed by atoms with Crippen LogP contribution < -0.4 is 10.6 Å². The van der Waals surface area contributed by atoms with E-state index in [1.165, 1.54) is 30.9 Å². The molecule has 0 radical (unpaired) electrons. The van der Waals surface area contributed by atoms with Crippen LogP contribution in [0.5, 0.6) is 0 Å². The van der Waals surface area contributed by atoms with Crippen LogP contribution in [0.2, 0.25) is 5.02 Å². The number of rotatable bonds is 8. The molecule has 0 aliphatic carbocycles. The number of ketones is 1. The van der Waals surface area contributed by atoms with E-state index in [2.05, 4.69) is 30.7 Å². The molecular formula is C22H16ClF3N6O3S. The van der Waals surface area contributed by atoms with Crippen LogP contribution in [0.1, 0.15) is 50.0 Å². The zero-order valence-electron chi connectivity index (χ0n) is 18.3. The molecule has 4 rings (SSSR count). The minimum absolute atomic E-state index is 0.0567. The Hall–Kier alpha value is -3.84. The van der Waals surface area contributed by atoms with Crippen LogP contribution in [0.3, 0.4) is 0 Å². The lowest BCUT2D eigenvalue weighted by molar-refractivity contribution is -0.137. The number of Topliss-reactive ketones (excluding diaryl/α,β-unsaturated/α-hetero) is 1. The second kappa shape index (κ2) is 10.4. The molecule has 0 fully saturated rings. The highest BCUT2D eigenvalue weighted by molar-refractivity contribution is 7.13. The first-order valence-electron chi connectivity index (χ1n) is 10.3. The Morgan fingerprint density at radius 2 is 1.94 bits per heavy atom. The number of carbonyl (C=O) groups is 2. The first kappa shape index (κ1) is 25.3. The highest BCUT2D eigenvalue weighted by Gasteiger charge is 2.33. The summed E-state index contributed by atoms with van der Waals surface area (Å²) in [7, 11) is 0. The number of hydrogen-bond donors (Lipinski definition) is 2. The van der Waals surface area contributed by atoms with Crippen LogP contribution in [-0.4, -0.2) is 31.8 Å². The number of halogens is 4. The van der Waals surface area contributed by atoms with Gasteiger partial charge in [0.15, 0.2) is 11.6 Å². The summed E-state index contributed by atoms with van der Waals surface area (Å²) >= 11 is 6.65. The molecule has 186 valence electrons. The van der Waals surface area contributed by atoms with E-state index >= 15 is 0 Å². The molecule has 1 amide bonds. The SMILES string of the molecule is CC(CC(=O)c1cc(Nc2ccon2)ncn1)c1ncc(C(=O)Nc2ccc(Cl)c(C(F)(F)F)c2)s1. The van der Waals surface area contributed by atoms with Gasteiger partial charge < -0.3 is 15.2 Å². The Morgan fingerprint density at radius 1 is 1.14 bits per heavy atom. The number of amides is 1. The Balaban J connectivity index is 1.40. The molecule has 9 nitrogen and oxygen atoms in total. The van der Waals surface area contributed by atoms with Gasteiger partial charge in [0.2, 0.25) is 0 Å². The van der Waals surface area contributed by atoms with Gasteiger partial charge in [-0.05, 0) is 18.2 Å². The van der Waals surface area contributed by atoms with E-state index in [1.54, 1.807) is 13.0 Å². The van der Waals surface area contributed by atoms with Crippen LogP contribution in [0.4, 0.5) is 30.5 Å². The Bertz CT molecular complexity index is 1390. The van der Waals surface area contributed by atoms with Gasteiger partial charge in [-0.15, -0.1) is 11.3 Å². The lowest BCUT2D eigenvalue weighted by atomic mass is 10.0. The number of hydrogen-bond acceptors (Lipinski definition) is 9. The van der Waals surface area contributed by atoms with E-state index in [-0.39, 0.29) is 34.4 Å². The molecule has 0 bridgehead atoms. The lowest BCUT2D eigenvalue weighted by Crippen LogP contribution is -2.12. The fourth-order valence-corrected chi connectivity index (χ4v) is 4.18. The average molecular weight is 537 g/mol. The number of alkyl halides is 3. The van der Waals surface area contributed by atoms with Crippen LogP contribution in [-0.2, 0) is 6.18 Å². The molecule has 1 aromatic carbocycles. The Kier molecular flexibility index (Phi) is 7.31. The largest absolute Gasteiger partial charge is 0.417 e. The Labute approximate surface area is 210 Å². The minimum atomic E-state index is -4.66. The average Bonchev–Trinajstić information content (AvgIpc) is 3.52. The maximum absolute atomic E-state index is 13.1. The van der Waals surface area contributed by atoms with Crippen molar-refractivity contribution in [1.29, 1.82) is 0 Å². The topological polar surface area (TPSA) is 123 Å². The molecule has 36 heavy (non-hydrogen) atoms. The summed E-state index contributed by atoms with van der Waals surface area (Å²) in [6.45, 7) is 1.77. The molecule has 1 unspecified atom stereocenters. The van der Waals surface area contributed by atoms with Crippen LogP contribution in [0.25, 0.3) is 0 Å². The van der Waals surface area contributed by atoms with Crippen molar-refractivity contribution in [1.82, 2.24) is 20.1 Å². The van der Waals surface area contributed by atoms with E-state index < -0.39 is 22.7 Å². The van der Waals surface area contributed by atoms with Gasteiger partial charge in [0, 0.05) is 30.2 Å².